The number of furan rings is 1. The highest BCUT2D eigenvalue weighted by Gasteiger charge is 2.18. The highest BCUT2D eigenvalue weighted by Crippen LogP contribution is 2.39. The number of benzene rings is 8. The molecular weight excluding hydrogens is 599 g/mol. The average molecular weight is 626 g/mol. The Bertz CT molecular complexity index is 2900. The molecule has 0 radical (unpaired) electrons. The van der Waals surface area contributed by atoms with E-state index in [1.807, 2.05) is 24.3 Å². The van der Waals surface area contributed by atoms with E-state index in [2.05, 4.69) is 140 Å². The van der Waals surface area contributed by atoms with Gasteiger partial charge < -0.3 is 4.42 Å². The molecule has 49 heavy (non-hydrogen) atoms. The average Bonchev–Trinajstić information content (AvgIpc) is 3.55. The van der Waals surface area contributed by atoms with Crippen LogP contribution >= 0.6 is 0 Å². The first kappa shape index (κ1) is 27.5. The second kappa shape index (κ2) is 11.0. The normalized spacial score (nSPS) is 11.7. The Kier molecular flexibility index (Phi) is 6.15. The van der Waals surface area contributed by atoms with Gasteiger partial charge in [0.05, 0.1) is 0 Å². The van der Waals surface area contributed by atoms with Crippen molar-refractivity contribution in [2.75, 3.05) is 0 Å². The van der Waals surface area contributed by atoms with Gasteiger partial charge in [-0.3, -0.25) is 0 Å². The molecule has 0 amide bonds. The van der Waals surface area contributed by atoms with Crippen LogP contribution in [0.5, 0.6) is 0 Å². The first-order chi connectivity index (χ1) is 24.3. The highest BCUT2D eigenvalue weighted by atomic mass is 16.3. The van der Waals surface area contributed by atoms with Crippen LogP contribution < -0.4 is 0 Å². The van der Waals surface area contributed by atoms with E-state index in [0.29, 0.717) is 17.5 Å². The minimum absolute atomic E-state index is 0.595. The standard InChI is InChI=1S/C45H27N3O/c1-2-12-30-26-31(21-20-28(30)10-1)43-46-44(32-22-23-39-38-17-7-8-19-41(38)49-42(39)27-32)48-45(47-43)40-25-24-37(35-15-5-6-16-36(35)40)34-18-9-13-29-11-3-4-14-33(29)34/h1-27H. The topological polar surface area (TPSA) is 51.8 Å². The Hall–Kier alpha value is -6.65. The molecule has 10 aromatic rings. The fourth-order valence-electron chi connectivity index (χ4n) is 7.14. The largest absolute Gasteiger partial charge is 0.456 e. The lowest BCUT2D eigenvalue weighted by molar-refractivity contribution is 0.669. The molecular formula is C45H27N3O. The van der Waals surface area contributed by atoms with Gasteiger partial charge in [0, 0.05) is 27.5 Å². The molecule has 8 aromatic carbocycles. The molecule has 4 nitrogen and oxygen atoms in total. The smallest absolute Gasteiger partial charge is 0.164 e. The summed E-state index contributed by atoms with van der Waals surface area (Å²) < 4.78 is 6.26. The van der Waals surface area contributed by atoms with E-state index in [-0.39, 0.29) is 0 Å². The van der Waals surface area contributed by atoms with E-state index >= 15 is 0 Å². The van der Waals surface area contributed by atoms with Gasteiger partial charge in [-0.1, -0.05) is 133 Å². The summed E-state index contributed by atoms with van der Waals surface area (Å²) in [6.07, 6.45) is 0. The molecule has 0 atom stereocenters. The van der Waals surface area contributed by atoms with Gasteiger partial charge in [-0.2, -0.15) is 0 Å². The number of aromatic nitrogens is 3. The van der Waals surface area contributed by atoms with Crippen LogP contribution in [0.1, 0.15) is 0 Å². The summed E-state index contributed by atoms with van der Waals surface area (Å²) in [5, 5.41) is 9.15. The van der Waals surface area contributed by atoms with Crippen LogP contribution in [0.4, 0.5) is 0 Å². The van der Waals surface area contributed by atoms with E-state index in [0.717, 1.165) is 54.8 Å². The van der Waals surface area contributed by atoms with Crippen molar-refractivity contribution in [1.82, 2.24) is 15.0 Å². The van der Waals surface area contributed by atoms with E-state index in [9.17, 15) is 0 Å². The van der Waals surface area contributed by atoms with Crippen molar-refractivity contribution in [3.63, 3.8) is 0 Å². The molecule has 2 aromatic heterocycles. The molecule has 0 aliphatic heterocycles. The quantitative estimate of drug-likeness (QED) is 0.195. The summed E-state index contributed by atoms with van der Waals surface area (Å²) >= 11 is 0. The first-order valence-corrected chi connectivity index (χ1v) is 16.4. The second-order valence-electron chi connectivity index (χ2n) is 12.4. The lowest BCUT2D eigenvalue weighted by Crippen LogP contribution is -2.01. The van der Waals surface area contributed by atoms with Gasteiger partial charge in [0.2, 0.25) is 0 Å². The number of hydrogen-bond donors (Lipinski definition) is 0. The molecule has 228 valence electrons. The van der Waals surface area contributed by atoms with E-state index in [1.165, 1.54) is 27.3 Å². The summed E-state index contributed by atoms with van der Waals surface area (Å²) in [5.41, 5.74) is 6.80. The van der Waals surface area contributed by atoms with E-state index in [1.54, 1.807) is 0 Å². The lowest BCUT2D eigenvalue weighted by Gasteiger charge is -2.14. The Morgan fingerprint density at radius 1 is 0.306 bits per heavy atom. The van der Waals surface area contributed by atoms with Crippen molar-refractivity contribution in [3.05, 3.63) is 164 Å². The Balaban J connectivity index is 1.20. The molecule has 0 fully saturated rings. The summed E-state index contributed by atoms with van der Waals surface area (Å²) in [7, 11) is 0. The second-order valence-corrected chi connectivity index (χ2v) is 12.4. The molecule has 2 heterocycles. The van der Waals surface area contributed by atoms with Gasteiger partial charge in [0.1, 0.15) is 11.2 Å². The third-order valence-corrected chi connectivity index (χ3v) is 9.52. The van der Waals surface area contributed by atoms with Crippen LogP contribution in [0, 0.1) is 0 Å². The lowest BCUT2D eigenvalue weighted by atomic mass is 9.92. The van der Waals surface area contributed by atoms with Crippen LogP contribution in [-0.4, -0.2) is 15.0 Å². The third-order valence-electron chi connectivity index (χ3n) is 9.52. The van der Waals surface area contributed by atoms with Crippen LogP contribution in [0.3, 0.4) is 0 Å². The molecule has 0 spiro atoms. The molecule has 4 heteroatoms. The van der Waals surface area contributed by atoms with Gasteiger partial charge in [0.25, 0.3) is 0 Å². The molecule has 10 rings (SSSR count). The van der Waals surface area contributed by atoms with Crippen molar-refractivity contribution in [1.29, 1.82) is 0 Å². The molecule has 0 N–H and O–H groups in total. The van der Waals surface area contributed by atoms with Crippen molar-refractivity contribution >= 4 is 54.3 Å². The predicted octanol–water partition coefficient (Wildman–Crippen LogP) is 11.9. The van der Waals surface area contributed by atoms with Crippen molar-refractivity contribution in [3.8, 4) is 45.3 Å². The van der Waals surface area contributed by atoms with Gasteiger partial charge in [0.15, 0.2) is 17.5 Å². The number of hydrogen-bond acceptors (Lipinski definition) is 4. The summed E-state index contributed by atoms with van der Waals surface area (Å²) in [6, 6.07) is 57.0. The molecule has 0 aliphatic carbocycles. The Morgan fingerprint density at radius 2 is 0.857 bits per heavy atom. The van der Waals surface area contributed by atoms with Crippen LogP contribution in [0.2, 0.25) is 0 Å². The zero-order chi connectivity index (χ0) is 32.3. The van der Waals surface area contributed by atoms with Crippen LogP contribution in [0.25, 0.3) is 99.5 Å². The van der Waals surface area contributed by atoms with Gasteiger partial charge in [-0.25, -0.2) is 15.0 Å². The zero-order valence-electron chi connectivity index (χ0n) is 26.3. The number of rotatable bonds is 4. The maximum Gasteiger partial charge on any atom is 0.164 e. The molecule has 0 unspecified atom stereocenters. The van der Waals surface area contributed by atoms with Gasteiger partial charge >= 0.3 is 0 Å². The predicted molar refractivity (Wildman–Crippen MR) is 201 cm³/mol. The van der Waals surface area contributed by atoms with Crippen molar-refractivity contribution in [2.45, 2.75) is 0 Å². The van der Waals surface area contributed by atoms with Crippen LogP contribution in [-0.2, 0) is 0 Å². The van der Waals surface area contributed by atoms with Crippen LogP contribution in [0.15, 0.2) is 168 Å². The minimum Gasteiger partial charge on any atom is -0.456 e. The molecule has 0 saturated carbocycles. The monoisotopic (exact) mass is 625 g/mol. The fourth-order valence-corrected chi connectivity index (χ4v) is 7.14. The summed E-state index contributed by atoms with van der Waals surface area (Å²) in [4.78, 5) is 15.4. The maximum absolute atomic E-state index is 6.26. The summed E-state index contributed by atoms with van der Waals surface area (Å²) in [6.45, 7) is 0. The number of para-hydroxylation sites is 1. The Labute approximate surface area is 282 Å². The van der Waals surface area contributed by atoms with Crippen molar-refractivity contribution < 1.29 is 4.42 Å². The SMILES string of the molecule is c1ccc2cc(-c3nc(-c4ccc5c(c4)oc4ccccc45)nc(-c4ccc(-c5cccc6ccccc56)c5ccccc45)n3)ccc2c1. The molecule has 0 bridgehead atoms. The van der Waals surface area contributed by atoms with E-state index < -0.39 is 0 Å². The maximum atomic E-state index is 6.26. The number of fused-ring (bicyclic) bond motifs is 6. The molecule has 0 aliphatic rings. The van der Waals surface area contributed by atoms with Gasteiger partial charge in [-0.15, -0.1) is 0 Å². The summed E-state index contributed by atoms with van der Waals surface area (Å²) in [5.74, 6) is 1.84. The highest BCUT2D eigenvalue weighted by molar-refractivity contribution is 6.09. The van der Waals surface area contributed by atoms with E-state index in [4.69, 9.17) is 19.4 Å². The zero-order valence-corrected chi connectivity index (χ0v) is 26.3. The number of nitrogens with zero attached hydrogens (tertiary/aromatic N) is 3. The Morgan fingerprint density at radius 3 is 1.69 bits per heavy atom. The van der Waals surface area contributed by atoms with Crippen molar-refractivity contribution in [2.24, 2.45) is 0 Å². The van der Waals surface area contributed by atoms with Gasteiger partial charge in [-0.05, 0) is 73.8 Å². The molecule has 0 saturated heterocycles. The fraction of sp³-hybridized carbons (Fsp3) is 0. The first-order valence-electron chi connectivity index (χ1n) is 16.4. The minimum atomic E-state index is 0.595. The third kappa shape index (κ3) is 4.57.